The number of nitrogens with one attached hydrogen (secondary N) is 1. The van der Waals surface area contributed by atoms with Gasteiger partial charge in [-0.05, 0) is 37.8 Å². The molecule has 25 heavy (non-hydrogen) atoms. The Morgan fingerprint density at radius 2 is 1.84 bits per heavy atom. The molecule has 2 aliphatic rings. The average Bonchev–Trinajstić information content (AvgIpc) is 3.05. The van der Waals surface area contributed by atoms with E-state index >= 15 is 0 Å². The summed E-state index contributed by atoms with van der Waals surface area (Å²) in [6, 6.07) is 10.3. The Labute approximate surface area is 148 Å². The molecule has 1 N–H and O–H groups in total. The molecule has 2 heterocycles. The lowest BCUT2D eigenvalue weighted by atomic mass is 10.0. The van der Waals surface area contributed by atoms with E-state index in [2.05, 4.69) is 22.3 Å². The predicted molar refractivity (Wildman–Crippen MR) is 93.5 cm³/mol. The molecule has 3 rings (SSSR count). The van der Waals surface area contributed by atoms with E-state index in [4.69, 9.17) is 0 Å². The molecule has 138 valence electrons. The zero-order chi connectivity index (χ0) is 17.6. The largest absolute Gasteiger partial charge is 0.352 e. The number of rotatable bonds is 6. The van der Waals surface area contributed by atoms with Gasteiger partial charge in [0.15, 0.2) is 0 Å². The van der Waals surface area contributed by atoms with E-state index in [0.29, 0.717) is 13.1 Å². The van der Waals surface area contributed by atoms with E-state index in [1.54, 1.807) is 4.90 Å². The van der Waals surface area contributed by atoms with Crippen LogP contribution in [0.1, 0.15) is 31.2 Å². The third-order valence-electron chi connectivity index (χ3n) is 5.22. The summed E-state index contributed by atoms with van der Waals surface area (Å²) in [5.74, 6) is 0.0979. The van der Waals surface area contributed by atoms with Gasteiger partial charge in [-0.25, -0.2) is 8.78 Å². The van der Waals surface area contributed by atoms with E-state index in [-0.39, 0.29) is 24.5 Å². The lowest BCUT2D eigenvalue weighted by molar-refractivity contribution is -0.126. The van der Waals surface area contributed by atoms with Crippen LogP contribution in [0, 0.1) is 0 Å². The second-order valence-corrected chi connectivity index (χ2v) is 7.09. The van der Waals surface area contributed by atoms with Crippen molar-refractivity contribution < 1.29 is 13.6 Å². The van der Waals surface area contributed by atoms with Crippen LogP contribution < -0.4 is 5.32 Å². The Bertz CT molecular complexity index is 547. The minimum absolute atomic E-state index is 0.0701. The van der Waals surface area contributed by atoms with Crippen LogP contribution in [0.4, 0.5) is 8.78 Å². The van der Waals surface area contributed by atoms with Gasteiger partial charge in [-0.15, -0.1) is 0 Å². The second kappa shape index (κ2) is 8.72. The molecule has 0 saturated carbocycles. The number of piperidine rings is 1. The highest BCUT2D eigenvalue weighted by atomic mass is 19.3. The molecule has 6 heteroatoms. The Kier molecular flexibility index (Phi) is 6.37. The van der Waals surface area contributed by atoms with Gasteiger partial charge in [0, 0.05) is 25.7 Å². The maximum absolute atomic E-state index is 12.7. The van der Waals surface area contributed by atoms with Crippen molar-refractivity contribution in [1.82, 2.24) is 15.1 Å². The molecule has 1 aromatic rings. The molecule has 1 aromatic carbocycles. The summed E-state index contributed by atoms with van der Waals surface area (Å²) in [6.45, 7) is 2.85. The second-order valence-electron chi connectivity index (χ2n) is 7.09. The molecule has 0 radical (unpaired) electrons. The zero-order valence-electron chi connectivity index (χ0n) is 14.5. The van der Waals surface area contributed by atoms with Gasteiger partial charge in [0.2, 0.25) is 5.91 Å². The number of hydrogen-bond acceptors (Lipinski definition) is 3. The Balaban J connectivity index is 1.47. The maximum Gasteiger partial charge on any atom is 0.251 e. The standard InChI is InChI=1S/C19H27F2N3O/c20-18(21)14-23-11-8-16(9-12-23)22-19(25)17-7-4-10-24(17)13-15-5-2-1-3-6-15/h1-3,5-6,16-18H,4,7-14H2,(H,22,25). The number of nitrogens with zero attached hydrogens (tertiary/aromatic N) is 2. The van der Waals surface area contributed by atoms with E-state index in [9.17, 15) is 13.6 Å². The first-order chi connectivity index (χ1) is 12.1. The van der Waals surface area contributed by atoms with Crippen LogP contribution in [0.2, 0.25) is 0 Å². The molecule has 1 amide bonds. The van der Waals surface area contributed by atoms with Crippen molar-refractivity contribution in [3.05, 3.63) is 35.9 Å². The summed E-state index contributed by atoms with van der Waals surface area (Å²) in [7, 11) is 0. The predicted octanol–water partition coefficient (Wildman–Crippen LogP) is 2.50. The fraction of sp³-hybridized carbons (Fsp3) is 0.632. The van der Waals surface area contributed by atoms with Crippen molar-refractivity contribution in [3.63, 3.8) is 0 Å². The lowest BCUT2D eigenvalue weighted by Gasteiger charge is -2.33. The highest BCUT2D eigenvalue weighted by Crippen LogP contribution is 2.21. The van der Waals surface area contributed by atoms with Gasteiger partial charge in [0.1, 0.15) is 0 Å². The first kappa shape index (κ1) is 18.3. The third kappa shape index (κ3) is 5.22. The van der Waals surface area contributed by atoms with Crippen LogP contribution in [0.15, 0.2) is 30.3 Å². The maximum atomic E-state index is 12.7. The monoisotopic (exact) mass is 351 g/mol. The van der Waals surface area contributed by atoms with Crippen LogP contribution in [0.3, 0.4) is 0 Å². The molecule has 0 spiro atoms. The zero-order valence-corrected chi connectivity index (χ0v) is 14.5. The first-order valence-corrected chi connectivity index (χ1v) is 9.20. The average molecular weight is 351 g/mol. The van der Waals surface area contributed by atoms with Crippen molar-refractivity contribution in [2.75, 3.05) is 26.2 Å². The van der Waals surface area contributed by atoms with Crippen LogP contribution in [0.5, 0.6) is 0 Å². The van der Waals surface area contributed by atoms with Gasteiger partial charge in [0.25, 0.3) is 6.43 Å². The number of alkyl halides is 2. The number of carbonyl (C=O) groups is 1. The molecular weight excluding hydrogens is 324 g/mol. The van der Waals surface area contributed by atoms with E-state index in [1.807, 2.05) is 18.2 Å². The smallest absolute Gasteiger partial charge is 0.251 e. The van der Waals surface area contributed by atoms with Crippen molar-refractivity contribution >= 4 is 5.91 Å². The SMILES string of the molecule is O=C(NC1CCN(CC(F)F)CC1)C1CCCN1Cc1ccccc1. The summed E-state index contributed by atoms with van der Waals surface area (Å²) in [5.41, 5.74) is 1.22. The highest BCUT2D eigenvalue weighted by molar-refractivity contribution is 5.82. The van der Waals surface area contributed by atoms with Gasteiger partial charge in [0.05, 0.1) is 12.6 Å². The Morgan fingerprint density at radius 3 is 2.52 bits per heavy atom. The summed E-state index contributed by atoms with van der Waals surface area (Å²) < 4.78 is 24.9. The fourth-order valence-corrected chi connectivity index (χ4v) is 3.88. The van der Waals surface area contributed by atoms with Gasteiger partial charge in [-0.2, -0.15) is 0 Å². The molecule has 1 unspecified atom stereocenters. The minimum Gasteiger partial charge on any atom is -0.352 e. The number of halogens is 2. The lowest BCUT2D eigenvalue weighted by Crippen LogP contribution is -2.50. The van der Waals surface area contributed by atoms with E-state index in [1.165, 1.54) is 5.56 Å². The van der Waals surface area contributed by atoms with Crippen LogP contribution in [-0.4, -0.2) is 60.4 Å². The molecule has 0 aliphatic carbocycles. The summed E-state index contributed by atoms with van der Waals surface area (Å²) in [6.07, 6.45) is 1.16. The quantitative estimate of drug-likeness (QED) is 0.855. The Morgan fingerprint density at radius 1 is 1.12 bits per heavy atom. The molecule has 0 aromatic heterocycles. The van der Waals surface area contributed by atoms with Crippen molar-refractivity contribution in [2.24, 2.45) is 0 Å². The number of amides is 1. The Hall–Kier alpha value is -1.53. The van der Waals surface area contributed by atoms with Crippen molar-refractivity contribution in [3.8, 4) is 0 Å². The number of carbonyl (C=O) groups excluding carboxylic acids is 1. The summed E-state index contributed by atoms with van der Waals surface area (Å²) in [4.78, 5) is 16.7. The minimum atomic E-state index is -2.28. The molecular formula is C19H27F2N3O. The van der Waals surface area contributed by atoms with Crippen LogP contribution in [-0.2, 0) is 11.3 Å². The van der Waals surface area contributed by atoms with Gasteiger partial charge in [-0.3, -0.25) is 14.6 Å². The number of hydrogen-bond donors (Lipinski definition) is 1. The summed E-state index contributed by atoms with van der Waals surface area (Å²) in [5, 5.41) is 3.16. The van der Waals surface area contributed by atoms with Crippen molar-refractivity contribution in [1.29, 1.82) is 0 Å². The van der Waals surface area contributed by atoms with E-state index < -0.39 is 6.43 Å². The molecule has 2 aliphatic heterocycles. The van der Waals surface area contributed by atoms with Crippen LogP contribution in [0.25, 0.3) is 0 Å². The van der Waals surface area contributed by atoms with Gasteiger partial charge < -0.3 is 5.32 Å². The topological polar surface area (TPSA) is 35.6 Å². The normalized spacial score (nSPS) is 23.2. The molecule has 2 fully saturated rings. The van der Waals surface area contributed by atoms with Crippen LogP contribution >= 0.6 is 0 Å². The van der Waals surface area contributed by atoms with Gasteiger partial charge in [-0.1, -0.05) is 30.3 Å². The first-order valence-electron chi connectivity index (χ1n) is 9.20. The van der Waals surface area contributed by atoms with Gasteiger partial charge >= 0.3 is 0 Å². The highest BCUT2D eigenvalue weighted by Gasteiger charge is 2.32. The molecule has 1 atom stereocenters. The third-order valence-corrected chi connectivity index (χ3v) is 5.22. The number of benzene rings is 1. The number of likely N-dealkylation sites (tertiary alicyclic amines) is 2. The molecule has 0 bridgehead atoms. The van der Waals surface area contributed by atoms with Crippen molar-refractivity contribution in [2.45, 2.75) is 50.7 Å². The molecule has 4 nitrogen and oxygen atoms in total. The summed E-state index contributed by atoms with van der Waals surface area (Å²) >= 11 is 0. The molecule has 2 saturated heterocycles. The fourth-order valence-electron chi connectivity index (χ4n) is 3.88. The van der Waals surface area contributed by atoms with E-state index in [0.717, 1.165) is 38.8 Å².